The minimum Gasteiger partial charge on any atom is -0.497 e. The fourth-order valence-electron chi connectivity index (χ4n) is 2.12. The third-order valence-electron chi connectivity index (χ3n) is 3.08. The predicted molar refractivity (Wildman–Crippen MR) is 80.2 cm³/mol. The standard InChI is InChI=1S/C15H17NO4S/c1-19-13-8-11(9-14(10-13)20-2)7-12-5-3-4-6-15(12)21(16,17)18/h3-6,8-10H,7H2,1-2H3,(H2,16,17,18). The summed E-state index contributed by atoms with van der Waals surface area (Å²) in [6, 6.07) is 12.1. The lowest BCUT2D eigenvalue weighted by Crippen LogP contribution is -2.14. The number of nitrogens with two attached hydrogens (primary N) is 1. The van der Waals surface area contributed by atoms with Gasteiger partial charge >= 0.3 is 0 Å². The first-order valence-electron chi connectivity index (χ1n) is 6.26. The molecule has 0 aliphatic carbocycles. The molecular weight excluding hydrogens is 290 g/mol. The maximum absolute atomic E-state index is 11.6. The first-order chi connectivity index (χ1) is 9.94. The highest BCUT2D eigenvalue weighted by Gasteiger charge is 2.14. The Kier molecular flexibility index (Phi) is 4.50. The van der Waals surface area contributed by atoms with Gasteiger partial charge in [0.2, 0.25) is 10.0 Å². The lowest BCUT2D eigenvalue weighted by molar-refractivity contribution is 0.393. The molecule has 21 heavy (non-hydrogen) atoms. The van der Waals surface area contributed by atoms with Gasteiger partial charge in [0.15, 0.2) is 0 Å². The van der Waals surface area contributed by atoms with Gasteiger partial charge in [-0.1, -0.05) is 18.2 Å². The molecule has 0 aromatic heterocycles. The summed E-state index contributed by atoms with van der Waals surface area (Å²) in [6.45, 7) is 0. The van der Waals surface area contributed by atoms with Gasteiger partial charge < -0.3 is 9.47 Å². The van der Waals surface area contributed by atoms with Crippen LogP contribution in [0.1, 0.15) is 11.1 Å². The Bertz CT molecular complexity index is 719. The molecule has 0 fully saturated rings. The van der Waals surface area contributed by atoms with Crippen molar-refractivity contribution in [3.8, 4) is 11.5 Å². The molecule has 0 bridgehead atoms. The first-order valence-corrected chi connectivity index (χ1v) is 7.81. The van der Waals surface area contributed by atoms with Crippen molar-refractivity contribution in [1.82, 2.24) is 0 Å². The smallest absolute Gasteiger partial charge is 0.238 e. The maximum Gasteiger partial charge on any atom is 0.238 e. The summed E-state index contributed by atoms with van der Waals surface area (Å²) in [5, 5.41) is 5.25. The van der Waals surface area contributed by atoms with Crippen LogP contribution in [0.3, 0.4) is 0 Å². The van der Waals surface area contributed by atoms with Crippen LogP contribution in [0.15, 0.2) is 47.4 Å². The second-order valence-corrected chi connectivity index (χ2v) is 6.08. The van der Waals surface area contributed by atoms with E-state index >= 15 is 0 Å². The molecule has 0 spiro atoms. The molecule has 0 radical (unpaired) electrons. The second kappa shape index (κ2) is 6.15. The topological polar surface area (TPSA) is 78.6 Å². The molecule has 112 valence electrons. The van der Waals surface area contributed by atoms with Crippen LogP contribution in [0.5, 0.6) is 11.5 Å². The summed E-state index contributed by atoms with van der Waals surface area (Å²) in [5.41, 5.74) is 1.51. The molecule has 0 aliphatic heterocycles. The Hall–Kier alpha value is -2.05. The molecule has 2 aromatic rings. The molecule has 0 saturated carbocycles. The number of hydrogen-bond donors (Lipinski definition) is 1. The average Bonchev–Trinajstić information content (AvgIpc) is 2.46. The average molecular weight is 307 g/mol. The van der Waals surface area contributed by atoms with Crippen molar-refractivity contribution in [3.63, 3.8) is 0 Å². The molecule has 0 aliphatic rings. The van der Waals surface area contributed by atoms with Gasteiger partial charge in [-0.25, -0.2) is 13.6 Å². The van der Waals surface area contributed by atoms with Crippen LogP contribution in [0.2, 0.25) is 0 Å². The summed E-state index contributed by atoms with van der Waals surface area (Å²) in [6.07, 6.45) is 0.417. The zero-order valence-corrected chi connectivity index (χ0v) is 12.7. The minimum atomic E-state index is -3.75. The van der Waals surface area contributed by atoms with E-state index in [-0.39, 0.29) is 4.90 Å². The number of benzene rings is 2. The SMILES string of the molecule is COc1cc(Cc2ccccc2S(N)(=O)=O)cc(OC)c1. The highest BCUT2D eigenvalue weighted by Crippen LogP contribution is 2.25. The Balaban J connectivity index is 2.43. The zero-order chi connectivity index (χ0) is 15.5. The number of rotatable bonds is 5. The highest BCUT2D eigenvalue weighted by atomic mass is 32.2. The zero-order valence-electron chi connectivity index (χ0n) is 11.9. The van der Waals surface area contributed by atoms with Crippen molar-refractivity contribution in [2.75, 3.05) is 14.2 Å². The first kappa shape index (κ1) is 15.3. The fourth-order valence-corrected chi connectivity index (χ4v) is 2.89. The molecular formula is C15H17NO4S. The van der Waals surface area contributed by atoms with Crippen molar-refractivity contribution in [1.29, 1.82) is 0 Å². The third kappa shape index (κ3) is 3.74. The Morgan fingerprint density at radius 1 is 1.00 bits per heavy atom. The Morgan fingerprint density at radius 3 is 2.10 bits per heavy atom. The van der Waals surface area contributed by atoms with E-state index in [9.17, 15) is 8.42 Å². The van der Waals surface area contributed by atoms with E-state index < -0.39 is 10.0 Å². The van der Waals surface area contributed by atoms with E-state index in [1.54, 1.807) is 38.5 Å². The van der Waals surface area contributed by atoms with Crippen LogP contribution in [0, 0.1) is 0 Å². The van der Waals surface area contributed by atoms with E-state index in [1.807, 2.05) is 12.1 Å². The molecule has 6 heteroatoms. The monoisotopic (exact) mass is 307 g/mol. The van der Waals surface area contributed by atoms with Crippen LogP contribution in [-0.4, -0.2) is 22.6 Å². The quantitative estimate of drug-likeness (QED) is 0.915. The summed E-state index contributed by atoms with van der Waals surface area (Å²) in [7, 11) is -0.615. The fraction of sp³-hybridized carbons (Fsp3) is 0.200. The number of primary sulfonamides is 1. The van der Waals surface area contributed by atoms with Gasteiger partial charge in [0, 0.05) is 6.07 Å². The van der Waals surface area contributed by atoms with Crippen LogP contribution in [0.4, 0.5) is 0 Å². The van der Waals surface area contributed by atoms with E-state index in [0.29, 0.717) is 23.5 Å². The normalized spacial score (nSPS) is 11.2. The van der Waals surface area contributed by atoms with Gasteiger partial charge in [0.1, 0.15) is 11.5 Å². The predicted octanol–water partition coefficient (Wildman–Crippen LogP) is 1.94. The molecule has 0 amide bonds. The molecule has 0 atom stereocenters. The molecule has 0 saturated heterocycles. The summed E-state index contributed by atoms with van der Waals surface area (Å²) in [5.74, 6) is 1.30. The largest absolute Gasteiger partial charge is 0.497 e. The van der Waals surface area contributed by atoms with Gasteiger partial charge in [0.25, 0.3) is 0 Å². The van der Waals surface area contributed by atoms with Gasteiger partial charge in [-0.05, 0) is 35.7 Å². The van der Waals surface area contributed by atoms with Gasteiger partial charge in [-0.2, -0.15) is 0 Å². The summed E-state index contributed by atoms with van der Waals surface area (Å²) >= 11 is 0. The van der Waals surface area contributed by atoms with Crippen molar-refractivity contribution in [2.45, 2.75) is 11.3 Å². The van der Waals surface area contributed by atoms with Crippen LogP contribution in [0.25, 0.3) is 0 Å². The lowest BCUT2D eigenvalue weighted by Gasteiger charge is -2.10. The molecule has 0 heterocycles. The van der Waals surface area contributed by atoms with Crippen molar-refractivity contribution < 1.29 is 17.9 Å². The van der Waals surface area contributed by atoms with Gasteiger partial charge in [-0.3, -0.25) is 0 Å². The second-order valence-electron chi connectivity index (χ2n) is 4.55. The Labute approximate surface area is 124 Å². The van der Waals surface area contributed by atoms with Gasteiger partial charge in [-0.15, -0.1) is 0 Å². The molecule has 0 unspecified atom stereocenters. The minimum absolute atomic E-state index is 0.131. The van der Waals surface area contributed by atoms with Gasteiger partial charge in [0.05, 0.1) is 19.1 Å². The van der Waals surface area contributed by atoms with Crippen LogP contribution >= 0.6 is 0 Å². The van der Waals surface area contributed by atoms with E-state index in [0.717, 1.165) is 5.56 Å². The number of methoxy groups -OCH3 is 2. The molecule has 2 rings (SSSR count). The number of sulfonamides is 1. The number of ether oxygens (including phenoxy) is 2. The maximum atomic E-state index is 11.6. The summed E-state index contributed by atoms with van der Waals surface area (Å²) in [4.78, 5) is 0.131. The molecule has 2 N–H and O–H groups in total. The van der Waals surface area contributed by atoms with E-state index in [2.05, 4.69) is 0 Å². The van der Waals surface area contributed by atoms with Crippen molar-refractivity contribution in [3.05, 3.63) is 53.6 Å². The third-order valence-corrected chi connectivity index (χ3v) is 4.10. The van der Waals surface area contributed by atoms with Crippen molar-refractivity contribution in [2.24, 2.45) is 5.14 Å². The van der Waals surface area contributed by atoms with E-state index in [4.69, 9.17) is 14.6 Å². The lowest BCUT2D eigenvalue weighted by atomic mass is 10.0. The van der Waals surface area contributed by atoms with Crippen LogP contribution in [-0.2, 0) is 16.4 Å². The molecule has 2 aromatic carbocycles. The number of hydrogen-bond acceptors (Lipinski definition) is 4. The molecule has 5 nitrogen and oxygen atoms in total. The Morgan fingerprint density at radius 2 is 1.57 bits per heavy atom. The summed E-state index contributed by atoms with van der Waals surface area (Å²) < 4.78 is 33.7. The van der Waals surface area contributed by atoms with Crippen LogP contribution < -0.4 is 14.6 Å². The van der Waals surface area contributed by atoms with E-state index in [1.165, 1.54) is 6.07 Å². The van der Waals surface area contributed by atoms with Crippen molar-refractivity contribution >= 4 is 10.0 Å². The highest BCUT2D eigenvalue weighted by molar-refractivity contribution is 7.89.